The molecule has 1 aliphatic heterocycles. The fraction of sp³-hybridized carbons (Fsp3) is 0.353. The number of aromatic amines is 1. The summed E-state index contributed by atoms with van der Waals surface area (Å²) in [7, 11) is 0. The number of amides is 2. The Labute approximate surface area is 242 Å². The van der Waals surface area contributed by atoms with Crippen LogP contribution in [0.25, 0.3) is 10.9 Å². The van der Waals surface area contributed by atoms with E-state index in [0.29, 0.717) is 13.0 Å². The number of carbonyl (C=O) groups is 2. The van der Waals surface area contributed by atoms with Crippen LogP contribution in [-0.4, -0.2) is 60.5 Å². The Hall–Kier alpha value is -4.10. The lowest BCUT2D eigenvalue weighted by molar-refractivity contribution is -0.129. The number of hydrogen-bond donors (Lipinski definition) is 3. The number of hydrogen-bond acceptors (Lipinski definition) is 4. The molecular weight excluding hydrogens is 510 g/mol. The average molecular weight is 552 g/mol. The van der Waals surface area contributed by atoms with Gasteiger partial charge in [0.2, 0.25) is 11.8 Å². The predicted octanol–water partition coefficient (Wildman–Crippen LogP) is 4.46. The van der Waals surface area contributed by atoms with E-state index in [0.717, 1.165) is 61.1 Å². The summed E-state index contributed by atoms with van der Waals surface area (Å²) in [6, 6.07) is 24.2. The maximum Gasteiger partial charge on any atom is 0.243 e. The maximum absolute atomic E-state index is 13.5. The van der Waals surface area contributed by atoms with E-state index in [9.17, 15) is 9.59 Å². The molecule has 1 unspecified atom stereocenters. The summed E-state index contributed by atoms with van der Waals surface area (Å²) >= 11 is 0. The van der Waals surface area contributed by atoms with E-state index >= 15 is 0 Å². The van der Waals surface area contributed by atoms with Crippen LogP contribution in [-0.2, 0) is 35.4 Å². The molecule has 3 aromatic carbocycles. The maximum atomic E-state index is 13.5. The topological polar surface area (TPSA) is 80.5 Å². The van der Waals surface area contributed by atoms with Gasteiger partial charge in [-0.25, -0.2) is 0 Å². The van der Waals surface area contributed by atoms with Gasteiger partial charge in [-0.15, -0.1) is 0 Å². The highest BCUT2D eigenvalue weighted by Gasteiger charge is 2.25. The minimum absolute atomic E-state index is 0.126. The van der Waals surface area contributed by atoms with Gasteiger partial charge in [0.25, 0.3) is 0 Å². The van der Waals surface area contributed by atoms with E-state index in [1.165, 1.54) is 16.8 Å². The second-order valence-electron chi connectivity index (χ2n) is 10.8. The molecule has 0 radical (unpaired) electrons. The molecule has 214 valence electrons. The smallest absolute Gasteiger partial charge is 0.243 e. The average Bonchev–Trinajstić information content (AvgIpc) is 3.42. The normalized spacial score (nSPS) is 14.6. The van der Waals surface area contributed by atoms with Crippen LogP contribution in [0.1, 0.15) is 36.1 Å². The van der Waals surface area contributed by atoms with Gasteiger partial charge in [0.1, 0.15) is 6.04 Å². The third-order valence-corrected chi connectivity index (χ3v) is 8.11. The molecule has 0 spiro atoms. The predicted molar refractivity (Wildman–Crippen MR) is 166 cm³/mol. The number of carbonyl (C=O) groups excluding carboxylic acids is 2. The van der Waals surface area contributed by atoms with Gasteiger partial charge in [-0.3, -0.25) is 14.5 Å². The highest BCUT2D eigenvalue weighted by Crippen LogP contribution is 2.20. The van der Waals surface area contributed by atoms with Crippen LogP contribution in [0.5, 0.6) is 0 Å². The molecule has 5 rings (SSSR count). The summed E-state index contributed by atoms with van der Waals surface area (Å²) in [5.74, 6) is -0.297. The van der Waals surface area contributed by atoms with Crippen molar-refractivity contribution in [1.29, 1.82) is 0 Å². The largest absolute Gasteiger partial charge is 0.369 e. The van der Waals surface area contributed by atoms with Crippen molar-refractivity contribution in [2.24, 2.45) is 0 Å². The van der Waals surface area contributed by atoms with Crippen molar-refractivity contribution in [1.82, 2.24) is 20.5 Å². The first-order chi connectivity index (χ1) is 20.0. The van der Waals surface area contributed by atoms with Gasteiger partial charge in [-0.2, -0.15) is 0 Å². The molecule has 0 saturated carbocycles. The molecular formula is C34H41N5O2. The number of H-pyrrole nitrogens is 1. The van der Waals surface area contributed by atoms with Gasteiger partial charge < -0.3 is 20.5 Å². The molecule has 1 aliphatic rings. The number of nitrogens with one attached hydrogen (secondary N) is 3. The second-order valence-corrected chi connectivity index (χ2v) is 10.8. The first-order valence-corrected chi connectivity index (χ1v) is 14.8. The van der Waals surface area contributed by atoms with Crippen molar-refractivity contribution in [2.45, 2.75) is 45.7 Å². The van der Waals surface area contributed by atoms with Crippen LogP contribution >= 0.6 is 0 Å². The summed E-state index contributed by atoms with van der Waals surface area (Å²) in [5, 5.41) is 7.23. The molecule has 0 bridgehead atoms. The zero-order chi connectivity index (χ0) is 28.6. The van der Waals surface area contributed by atoms with E-state index < -0.39 is 6.04 Å². The number of fused-ring (bicyclic) bond motifs is 1. The second kappa shape index (κ2) is 13.5. The number of aromatic nitrogens is 1. The number of para-hydroxylation sites is 2. The summed E-state index contributed by atoms with van der Waals surface area (Å²) in [6.07, 6.45) is 4.31. The van der Waals surface area contributed by atoms with Crippen LogP contribution in [0, 0.1) is 0 Å². The lowest BCUT2D eigenvalue weighted by Crippen LogP contribution is -2.53. The van der Waals surface area contributed by atoms with Gasteiger partial charge in [-0.1, -0.05) is 68.4 Å². The van der Waals surface area contributed by atoms with Crippen molar-refractivity contribution >= 4 is 28.4 Å². The number of nitrogens with zero attached hydrogens (tertiary/aromatic N) is 2. The van der Waals surface area contributed by atoms with Crippen molar-refractivity contribution in [2.75, 3.05) is 37.6 Å². The van der Waals surface area contributed by atoms with E-state index in [2.05, 4.69) is 81.7 Å². The minimum Gasteiger partial charge on any atom is -0.369 e. The Morgan fingerprint density at radius 1 is 0.854 bits per heavy atom. The Kier molecular flexibility index (Phi) is 9.36. The van der Waals surface area contributed by atoms with Gasteiger partial charge in [-0.05, 0) is 53.3 Å². The fourth-order valence-electron chi connectivity index (χ4n) is 5.75. The Morgan fingerprint density at radius 2 is 1.59 bits per heavy atom. The molecule has 0 aliphatic carbocycles. The summed E-state index contributed by atoms with van der Waals surface area (Å²) in [5.41, 5.74) is 6.97. The quantitative estimate of drug-likeness (QED) is 0.257. The molecule has 4 aromatic rings. The van der Waals surface area contributed by atoms with E-state index in [-0.39, 0.29) is 18.4 Å². The number of anilines is 1. The van der Waals surface area contributed by atoms with Crippen molar-refractivity contribution in [3.8, 4) is 0 Å². The molecule has 1 saturated heterocycles. The van der Waals surface area contributed by atoms with Crippen molar-refractivity contribution < 1.29 is 9.59 Å². The first-order valence-electron chi connectivity index (χ1n) is 14.8. The van der Waals surface area contributed by atoms with E-state index in [1.807, 2.05) is 36.5 Å². The van der Waals surface area contributed by atoms with Crippen LogP contribution in [0.3, 0.4) is 0 Å². The lowest BCUT2D eigenvalue weighted by atomic mass is 10.00. The fourth-order valence-corrected chi connectivity index (χ4v) is 5.75. The Bertz CT molecular complexity index is 1460. The molecule has 1 atom stereocenters. The zero-order valence-electron chi connectivity index (χ0n) is 24.2. The van der Waals surface area contributed by atoms with Crippen LogP contribution in [0.4, 0.5) is 5.69 Å². The summed E-state index contributed by atoms with van der Waals surface area (Å²) in [4.78, 5) is 34.6. The molecule has 2 amide bonds. The van der Waals surface area contributed by atoms with Gasteiger partial charge in [0, 0.05) is 61.9 Å². The lowest BCUT2D eigenvalue weighted by Gasteiger charge is -2.35. The highest BCUT2D eigenvalue weighted by atomic mass is 16.2. The molecule has 1 aromatic heterocycles. The summed E-state index contributed by atoms with van der Waals surface area (Å²) in [6.45, 7) is 8.36. The molecule has 41 heavy (non-hydrogen) atoms. The first kappa shape index (κ1) is 28.4. The number of benzene rings is 3. The molecule has 3 N–H and O–H groups in total. The van der Waals surface area contributed by atoms with Crippen LogP contribution in [0.15, 0.2) is 79.0 Å². The van der Waals surface area contributed by atoms with E-state index in [1.54, 1.807) is 0 Å². The summed E-state index contributed by atoms with van der Waals surface area (Å²) < 4.78 is 0. The van der Waals surface area contributed by atoms with Crippen molar-refractivity contribution in [3.05, 3.63) is 101 Å². The highest BCUT2D eigenvalue weighted by molar-refractivity contribution is 5.90. The third kappa shape index (κ3) is 7.16. The Morgan fingerprint density at radius 3 is 2.34 bits per heavy atom. The number of aryl methyl sites for hydroxylation is 2. The van der Waals surface area contributed by atoms with Gasteiger partial charge in [0.15, 0.2) is 0 Å². The van der Waals surface area contributed by atoms with Gasteiger partial charge in [0.05, 0.1) is 6.54 Å². The monoisotopic (exact) mass is 551 g/mol. The van der Waals surface area contributed by atoms with Crippen LogP contribution < -0.4 is 15.5 Å². The Balaban J connectivity index is 1.23. The molecule has 7 heteroatoms. The SMILES string of the molecule is CCc1ccc(CNC(=O)C(Cc2c[nH]c3ccccc23)NC(=O)CN2CCN(c3ccccc3)CC2)cc1CC. The zero-order valence-corrected chi connectivity index (χ0v) is 24.2. The standard InChI is InChI=1S/C34H41N5O2/c1-3-26-15-14-25(20-27(26)4-2)22-36-34(41)32(21-28-23-35-31-13-9-8-12-30(28)31)37-33(40)24-38-16-18-39(19-17-38)29-10-6-5-7-11-29/h5-15,20,23,32,35H,3-4,16-19,21-22,24H2,1-2H3,(H,36,41)(H,37,40). The molecule has 2 heterocycles. The molecule has 7 nitrogen and oxygen atoms in total. The molecule has 1 fully saturated rings. The third-order valence-electron chi connectivity index (χ3n) is 8.11. The van der Waals surface area contributed by atoms with Crippen LogP contribution in [0.2, 0.25) is 0 Å². The number of piperazine rings is 1. The van der Waals surface area contributed by atoms with Gasteiger partial charge >= 0.3 is 0 Å². The number of rotatable bonds is 11. The van der Waals surface area contributed by atoms with Crippen molar-refractivity contribution in [3.63, 3.8) is 0 Å². The minimum atomic E-state index is -0.673. The van der Waals surface area contributed by atoms with E-state index in [4.69, 9.17) is 0 Å².